The van der Waals surface area contributed by atoms with Crippen molar-refractivity contribution in [2.75, 3.05) is 5.32 Å². The number of anilines is 1. The van der Waals surface area contributed by atoms with Gasteiger partial charge in [0.15, 0.2) is 0 Å². The fourth-order valence-corrected chi connectivity index (χ4v) is 1.64. The molecule has 0 fully saturated rings. The number of aromatic nitrogens is 3. The predicted molar refractivity (Wildman–Crippen MR) is 67.8 cm³/mol. The van der Waals surface area contributed by atoms with Crippen molar-refractivity contribution < 1.29 is 4.79 Å². The molecule has 2 aromatic heterocycles. The molecule has 0 saturated carbocycles. The highest BCUT2D eigenvalue weighted by atomic mass is 79.9. The van der Waals surface area contributed by atoms with Crippen LogP contribution >= 0.6 is 15.9 Å². The van der Waals surface area contributed by atoms with Crippen LogP contribution < -0.4 is 5.32 Å². The largest absolute Gasteiger partial charge is 0.319 e. The number of hydrogen-bond donors (Lipinski definition) is 1. The first kappa shape index (κ1) is 11.8. The summed E-state index contributed by atoms with van der Waals surface area (Å²) >= 11 is 3.31. The summed E-state index contributed by atoms with van der Waals surface area (Å²) in [7, 11) is 1.72. The summed E-state index contributed by atoms with van der Waals surface area (Å²) in [4.78, 5) is 16.0. The maximum Gasteiger partial charge on any atom is 0.273 e. The standard InChI is InChI=1S/C11H11BrN4O/c1-7-5-8(6-13-10(7)12)15-11(17)9-3-4-14-16(9)2/h3-6H,1-2H3,(H,15,17). The van der Waals surface area contributed by atoms with Crippen molar-refractivity contribution in [3.8, 4) is 0 Å². The third-order valence-corrected chi connectivity index (χ3v) is 3.16. The van der Waals surface area contributed by atoms with Crippen LogP contribution in [-0.4, -0.2) is 20.7 Å². The molecule has 0 spiro atoms. The van der Waals surface area contributed by atoms with E-state index in [9.17, 15) is 4.79 Å². The summed E-state index contributed by atoms with van der Waals surface area (Å²) in [6, 6.07) is 3.51. The van der Waals surface area contributed by atoms with E-state index in [0.29, 0.717) is 11.4 Å². The first-order valence-corrected chi connectivity index (χ1v) is 5.78. The maximum atomic E-state index is 11.9. The van der Waals surface area contributed by atoms with Crippen molar-refractivity contribution in [1.82, 2.24) is 14.8 Å². The highest BCUT2D eigenvalue weighted by Gasteiger charge is 2.10. The molecule has 0 aromatic carbocycles. The van der Waals surface area contributed by atoms with Crippen molar-refractivity contribution in [3.63, 3.8) is 0 Å². The Labute approximate surface area is 107 Å². The van der Waals surface area contributed by atoms with Gasteiger partial charge < -0.3 is 5.32 Å². The van der Waals surface area contributed by atoms with Crippen molar-refractivity contribution in [2.45, 2.75) is 6.92 Å². The minimum atomic E-state index is -0.200. The van der Waals surface area contributed by atoms with Crippen LogP contribution in [-0.2, 0) is 7.05 Å². The molecular weight excluding hydrogens is 284 g/mol. The van der Waals surface area contributed by atoms with E-state index in [0.717, 1.165) is 10.2 Å². The molecule has 6 heteroatoms. The molecular formula is C11H11BrN4O. The highest BCUT2D eigenvalue weighted by Crippen LogP contribution is 2.17. The molecule has 0 unspecified atom stereocenters. The number of nitrogens with one attached hydrogen (secondary N) is 1. The number of pyridine rings is 1. The van der Waals surface area contributed by atoms with Crippen molar-refractivity contribution in [1.29, 1.82) is 0 Å². The molecule has 2 heterocycles. The predicted octanol–water partition coefficient (Wildman–Crippen LogP) is 2.14. The molecule has 17 heavy (non-hydrogen) atoms. The van der Waals surface area contributed by atoms with Crippen molar-refractivity contribution in [2.24, 2.45) is 7.05 Å². The lowest BCUT2D eigenvalue weighted by Gasteiger charge is -2.06. The summed E-state index contributed by atoms with van der Waals surface area (Å²) < 4.78 is 2.30. The average molecular weight is 295 g/mol. The van der Waals surface area contributed by atoms with Crippen LogP contribution in [0.25, 0.3) is 0 Å². The van der Waals surface area contributed by atoms with E-state index >= 15 is 0 Å². The quantitative estimate of drug-likeness (QED) is 0.863. The second-order valence-electron chi connectivity index (χ2n) is 3.63. The molecule has 5 nitrogen and oxygen atoms in total. The van der Waals surface area contributed by atoms with Crippen LogP contribution in [0.5, 0.6) is 0 Å². The molecule has 2 aromatic rings. The number of nitrogens with zero attached hydrogens (tertiary/aromatic N) is 3. The Kier molecular flexibility index (Phi) is 3.23. The Hall–Kier alpha value is -1.69. The number of hydrogen-bond acceptors (Lipinski definition) is 3. The second kappa shape index (κ2) is 4.67. The number of carbonyl (C=O) groups is 1. The molecule has 0 aliphatic rings. The molecule has 0 radical (unpaired) electrons. The smallest absolute Gasteiger partial charge is 0.273 e. The monoisotopic (exact) mass is 294 g/mol. The first-order valence-electron chi connectivity index (χ1n) is 4.99. The van der Waals surface area contributed by atoms with Crippen LogP contribution in [0, 0.1) is 6.92 Å². The van der Waals surface area contributed by atoms with E-state index in [1.54, 1.807) is 25.5 Å². The van der Waals surface area contributed by atoms with Gasteiger partial charge in [0.2, 0.25) is 0 Å². The molecule has 0 aliphatic heterocycles. The zero-order valence-electron chi connectivity index (χ0n) is 9.44. The minimum absolute atomic E-state index is 0.200. The van der Waals surface area contributed by atoms with E-state index in [-0.39, 0.29) is 5.91 Å². The molecule has 88 valence electrons. The number of halogens is 1. The molecule has 1 N–H and O–H groups in total. The number of carbonyl (C=O) groups excluding carboxylic acids is 1. The highest BCUT2D eigenvalue weighted by molar-refractivity contribution is 9.10. The van der Waals surface area contributed by atoms with Crippen LogP contribution in [0.1, 0.15) is 16.1 Å². The maximum absolute atomic E-state index is 11.9. The van der Waals surface area contributed by atoms with Crippen LogP contribution in [0.4, 0.5) is 5.69 Å². The van der Waals surface area contributed by atoms with Gasteiger partial charge in [0.1, 0.15) is 10.3 Å². The number of aryl methyl sites for hydroxylation is 2. The molecule has 2 rings (SSSR count). The van der Waals surface area contributed by atoms with E-state index in [1.165, 1.54) is 4.68 Å². The molecule has 0 atom stereocenters. The lowest BCUT2D eigenvalue weighted by Crippen LogP contribution is -2.16. The van der Waals surface area contributed by atoms with Gasteiger partial charge in [-0.2, -0.15) is 5.10 Å². The summed E-state index contributed by atoms with van der Waals surface area (Å²) in [6.45, 7) is 1.91. The molecule has 0 bridgehead atoms. The van der Waals surface area contributed by atoms with Gasteiger partial charge in [-0.15, -0.1) is 0 Å². The minimum Gasteiger partial charge on any atom is -0.319 e. The zero-order valence-corrected chi connectivity index (χ0v) is 11.0. The van der Waals surface area contributed by atoms with Crippen LogP contribution in [0.2, 0.25) is 0 Å². The fourth-order valence-electron chi connectivity index (χ4n) is 1.42. The van der Waals surface area contributed by atoms with Gasteiger partial charge in [0.05, 0.1) is 11.9 Å². The Morgan fingerprint density at radius 3 is 2.88 bits per heavy atom. The third-order valence-electron chi connectivity index (χ3n) is 2.33. The normalized spacial score (nSPS) is 10.3. The first-order chi connectivity index (χ1) is 8.08. The van der Waals surface area contributed by atoms with Crippen LogP contribution in [0.3, 0.4) is 0 Å². The van der Waals surface area contributed by atoms with Gasteiger partial charge >= 0.3 is 0 Å². The molecule has 0 saturated heterocycles. The fraction of sp³-hybridized carbons (Fsp3) is 0.182. The Balaban J connectivity index is 2.19. The van der Waals surface area contributed by atoms with Gasteiger partial charge in [-0.25, -0.2) is 4.98 Å². The third kappa shape index (κ3) is 2.52. The van der Waals surface area contributed by atoms with Gasteiger partial charge in [0.25, 0.3) is 5.91 Å². The van der Waals surface area contributed by atoms with Gasteiger partial charge in [-0.3, -0.25) is 9.48 Å². The van der Waals surface area contributed by atoms with Gasteiger partial charge in [-0.1, -0.05) is 0 Å². The average Bonchev–Trinajstić information content (AvgIpc) is 2.70. The SMILES string of the molecule is Cc1cc(NC(=O)c2ccnn2C)cnc1Br. The summed E-state index contributed by atoms with van der Waals surface area (Å²) in [5.41, 5.74) is 2.13. The summed E-state index contributed by atoms with van der Waals surface area (Å²) in [6.07, 6.45) is 3.19. The number of amides is 1. The summed E-state index contributed by atoms with van der Waals surface area (Å²) in [5.74, 6) is -0.200. The molecule has 1 amide bonds. The van der Waals surface area contributed by atoms with Crippen LogP contribution in [0.15, 0.2) is 29.1 Å². The Morgan fingerprint density at radius 2 is 2.29 bits per heavy atom. The Morgan fingerprint density at radius 1 is 1.53 bits per heavy atom. The summed E-state index contributed by atoms with van der Waals surface area (Å²) in [5, 5.41) is 6.71. The van der Waals surface area contributed by atoms with Crippen molar-refractivity contribution >= 4 is 27.5 Å². The van der Waals surface area contributed by atoms with E-state index in [2.05, 4.69) is 31.3 Å². The second-order valence-corrected chi connectivity index (χ2v) is 4.38. The number of rotatable bonds is 2. The topological polar surface area (TPSA) is 59.8 Å². The molecule has 0 aliphatic carbocycles. The lowest BCUT2D eigenvalue weighted by atomic mass is 10.3. The van der Waals surface area contributed by atoms with E-state index in [4.69, 9.17) is 0 Å². The van der Waals surface area contributed by atoms with Gasteiger partial charge in [-0.05, 0) is 40.5 Å². The van der Waals surface area contributed by atoms with E-state index in [1.807, 2.05) is 13.0 Å². The van der Waals surface area contributed by atoms with Crippen molar-refractivity contribution in [3.05, 3.63) is 40.4 Å². The Bertz CT molecular complexity index is 564. The zero-order chi connectivity index (χ0) is 12.4. The van der Waals surface area contributed by atoms with E-state index < -0.39 is 0 Å². The lowest BCUT2D eigenvalue weighted by molar-refractivity contribution is 0.101. The van der Waals surface area contributed by atoms with Gasteiger partial charge in [0, 0.05) is 13.2 Å².